The number of esters is 1. The van der Waals surface area contributed by atoms with Gasteiger partial charge in [-0.1, -0.05) is 12.1 Å². The summed E-state index contributed by atoms with van der Waals surface area (Å²) in [4.78, 5) is 39.5. The standard InChI is InChI=1S/C25H30FN5O4/c1-4-35-23(32)17-8-10-31(11-9-17)20-14-22-21(29(2)25(34)30(22)3)13-19(20)28-24(33)27-15-16-6-5-7-18(26)12-16/h5-7,12-14,17H,4,8-11,15H2,1-3H3,(H2,27,28,33). The van der Waals surface area contributed by atoms with Gasteiger partial charge in [0.05, 0.1) is 34.9 Å². The van der Waals surface area contributed by atoms with Crippen molar-refractivity contribution in [2.45, 2.75) is 26.3 Å². The monoisotopic (exact) mass is 483 g/mol. The van der Waals surface area contributed by atoms with Crippen LogP contribution in [0.5, 0.6) is 0 Å². The first-order chi connectivity index (χ1) is 16.8. The highest BCUT2D eigenvalue weighted by Gasteiger charge is 2.28. The summed E-state index contributed by atoms with van der Waals surface area (Å²) >= 11 is 0. The van der Waals surface area contributed by atoms with Gasteiger partial charge < -0.3 is 20.3 Å². The third-order valence-corrected chi connectivity index (χ3v) is 6.44. The molecule has 10 heteroatoms. The normalized spacial score (nSPS) is 14.2. The second-order valence-electron chi connectivity index (χ2n) is 8.71. The molecule has 35 heavy (non-hydrogen) atoms. The third-order valence-electron chi connectivity index (χ3n) is 6.44. The van der Waals surface area contributed by atoms with Crippen molar-refractivity contribution in [2.75, 3.05) is 29.9 Å². The Morgan fingerprint density at radius 3 is 2.43 bits per heavy atom. The lowest BCUT2D eigenvalue weighted by Gasteiger charge is -2.34. The van der Waals surface area contributed by atoms with Crippen LogP contribution in [0.2, 0.25) is 0 Å². The summed E-state index contributed by atoms with van der Waals surface area (Å²) in [5, 5.41) is 5.64. The van der Waals surface area contributed by atoms with Crippen LogP contribution in [0.25, 0.3) is 11.0 Å². The molecule has 0 radical (unpaired) electrons. The summed E-state index contributed by atoms with van der Waals surface area (Å²) in [5.74, 6) is -0.696. The van der Waals surface area contributed by atoms with E-state index in [2.05, 4.69) is 15.5 Å². The van der Waals surface area contributed by atoms with Gasteiger partial charge in [0, 0.05) is 33.7 Å². The number of halogens is 1. The van der Waals surface area contributed by atoms with Crippen molar-refractivity contribution in [1.29, 1.82) is 0 Å². The number of piperidine rings is 1. The van der Waals surface area contributed by atoms with E-state index in [1.54, 1.807) is 43.8 Å². The molecule has 0 bridgehead atoms. The van der Waals surface area contributed by atoms with Crippen molar-refractivity contribution < 1.29 is 18.7 Å². The van der Waals surface area contributed by atoms with Gasteiger partial charge in [0.25, 0.3) is 0 Å². The van der Waals surface area contributed by atoms with E-state index < -0.39 is 6.03 Å². The minimum Gasteiger partial charge on any atom is -0.466 e. The van der Waals surface area contributed by atoms with Crippen LogP contribution in [0.4, 0.5) is 20.6 Å². The first-order valence-electron chi connectivity index (χ1n) is 11.7. The summed E-state index contributed by atoms with van der Waals surface area (Å²) < 4.78 is 21.7. The van der Waals surface area contributed by atoms with E-state index in [0.29, 0.717) is 49.3 Å². The van der Waals surface area contributed by atoms with Crippen LogP contribution in [0.1, 0.15) is 25.3 Å². The number of hydrogen-bond acceptors (Lipinski definition) is 5. The maximum atomic E-state index is 13.4. The summed E-state index contributed by atoms with van der Waals surface area (Å²) in [6.07, 6.45) is 1.27. The van der Waals surface area contributed by atoms with Crippen LogP contribution in [-0.4, -0.2) is 40.8 Å². The number of fused-ring (bicyclic) bond motifs is 1. The lowest BCUT2D eigenvalue weighted by Crippen LogP contribution is -2.38. The Hall–Kier alpha value is -3.82. The molecule has 4 rings (SSSR count). The number of nitrogens with zero attached hydrogens (tertiary/aromatic N) is 3. The number of rotatable bonds is 6. The van der Waals surface area contributed by atoms with E-state index in [1.165, 1.54) is 16.7 Å². The van der Waals surface area contributed by atoms with E-state index in [9.17, 15) is 18.8 Å². The first-order valence-corrected chi connectivity index (χ1v) is 11.7. The largest absolute Gasteiger partial charge is 0.466 e. The summed E-state index contributed by atoms with van der Waals surface area (Å²) in [7, 11) is 3.39. The number of anilines is 2. The molecule has 1 fully saturated rings. The van der Waals surface area contributed by atoms with E-state index in [4.69, 9.17) is 4.74 Å². The van der Waals surface area contributed by atoms with Crippen LogP contribution in [0.15, 0.2) is 41.2 Å². The molecule has 0 saturated carbocycles. The van der Waals surface area contributed by atoms with Crippen LogP contribution < -0.4 is 21.2 Å². The molecule has 0 aliphatic carbocycles. The third kappa shape index (κ3) is 5.16. The highest BCUT2D eigenvalue weighted by molar-refractivity contribution is 5.98. The number of aromatic nitrogens is 2. The number of nitrogens with one attached hydrogen (secondary N) is 2. The van der Waals surface area contributed by atoms with Gasteiger partial charge in [0.15, 0.2) is 0 Å². The van der Waals surface area contributed by atoms with Crippen LogP contribution in [0, 0.1) is 11.7 Å². The average Bonchev–Trinajstić information content (AvgIpc) is 3.06. The number of carbonyl (C=O) groups excluding carboxylic acids is 2. The maximum Gasteiger partial charge on any atom is 0.328 e. The number of aryl methyl sites for hydroxylation is 2. The van der Waals surface area contributed by atoms with Gasteiger partial charge in [-0.2, -0.15) is 0 Å². The van der Waals surface area contributed by atoms with Gasteiger partial charge in [-0.3, -0.25) is 13.9 Å². The van der Waals surface area contributed by atoms with Gasteiger partial charge in [-0.25, -0.2) is 14.0 Å². The Morgan fingerprint density at radius 2 is 1.77 bits per heavy atom. The topological polar surface area (TPSA) is 97.6 Å². The van der Waals surface area contributed by atoms with Crippen molar-refractivity contribution in [3.05, 3.63) is 58.3 Å². The number of carbonyl (C=O) groups is 2. The smallest absolute Gasteiger partial charge is 0.328 e. The minimum absolute atomic E-state index is 0.151. The number of hydrogen-bond donors (Lipinski definition) is 2. The molecule has 2 heterocycles. The molecule has 1 aliphatic heterocycles. The van der Waals surface area contributed by atoms with Crippen molar-refractivity contribution in [1.82, 2.24) is 14.5 Å². The van der Waals surface area contributed by atoms with E-state index >= 15 is 0 Å². The Morgan fingerprint density at radius 1 is 1.09 bits per heavy atom. The van der Waals surface area contributed by atoms with Crippen molar-refractivity contribution in [3.63, 3.8) is 0 Å². The van der Waals surface area contributed by atoms with Gasteiger partial charge in [-0.05, 0) is 49.6 Å². The number of amides is 2. The summed E-state index contributed by atoms with van der Waals surface area (Å²) in [6, 6.07) is 9.26. The fourth-order valence-corrected chi connectivity index (χ4v) is 4.51. The van der Waals surface area contributed by atoms with E-state index in [1.807, 2.05) is 6.07 Å². The Kier molecular flexibility index (Phi) is 7.09. The first kappa shape index (κ1) is 24.3. The number of benzene rings is 2. The highest BCUT2D eigenvalue weighted by atomic mass is 19.1. The molecule has 9 nitrogen and oxygen atoms in total. The molecule has 0 spiro atoms. The van der Waals surface area contributed by atoms with Gasteiger partial charge in [0.1, 0.15) is 5.82 Å². The van der Waals surface area contributed by atoms with Gasteiger partial charge in [-0.15, -0.1) is 0 Å². The maximum absolute atomic E-state index is 13.4. The molecular formula is C25H30FN5O4. The fraction of sp³-hybridized carbons (Fsp3) is 0.400. The number of imidazole rings is 1. The molecule has 0 atom stereocenters. The molecule has 186 valence electrons. The quantitative estimate of drug-likeness (QED) is 0.525. The minimum atomic E-state index is -0.447. The van der Waals surface area contributed by atoms with Crippen molar-refractivity contribution >= 4 is 34.4 Å². The Bertz CT molecular complexity index is 1310. The second-order valence-corrected chi connectivity index (χ2v) is 8.71. The predicted molar refractivity (Wildman–Crippen MR) is 132 cm³/mol. The molecule has 0 unspecified atom stereocenters. The second kappa shape index (κ2) is 10.2. The zero-order valence-corrected chi connectivity index (χ0v) is 20.1. The zero-order chi connectivity index (χ0) is 25.1. The lowest BCUT2D eigenvalue weighted by atomic mass is 9.96. The van der Waals surface area contributed by atoms with E-state index in [0.717, 1.165) is 11.2 Å². The number of ether oxygens (including phenoxy) is 1. The molecule has 1 saturated heterocycles. The summed E-state index contributed by atoms with van der Waals surface area (Å²) in [5.41, 5.74) is 3.21. The van der Waals surface area contributed by atoms with Crippen LogP contribution in [-0.2, 0) is 30.2 Å². The zero-order valence-electron chi connectivity index (χ0n) is 20.1. The van der Waals surface area contributed by atoms with Crippen LogP contribution >= 0.6 is 0 Å². The predicted octanol–water partition coefficient (Wildman–Crippen LogP) is 3.12. The summed E-state index contributed by atoms with van der Waals surface area (Å²) in [6.45, 7) is 3.53. The van der Waals surface area contributed by atoms with Gasteiger partial charge >= 0.3 is 17.7 Å². The van der Waals surface area contributed by atoms with Crippen LogP contribution in [0.3, 0.4) is 0 Å². The SMILES string of the molecule is CCOC(=O)C1CCN(c2cc3c(cc2NC(=O)NCc2cccc(F)c2)n(C)c(=O)n3C)CC1. The van der Waals surface area contributed by atoms with Crippen molar-refractivity contribution in [2.24, 2.45) is 20.0 Å². The number of urea groups is 1. The molecule has 2 amide bonds. The molecule has 2 N–H and O–H groups in total. The molecule has 2 aromatic carbocycles. The molecule has 1 aliphatic rings. The van der Waals surface area contributed by atoms with Crippen molar-refractivity contribution in [3.8, 4) is 0 Å². The fourth-order valence-electron chi connectivity index (χ4n) is 4.51. The molecule has 3 aromatic rings. The highest BCUT2D eigenvalue weighted by Crippen LogP contribution is 2.34. The Labute approximate surface area is 202 Å². The molecular weight excluding hydrogens is 453 g/mol. The Balaban J connectivity index is 1.58. The lowest BCUT2D eigenvalue weighted by molar-refractivity contribution is -0.148. The van der Waals surface area contributed by atoms with E-state index in [-0.39, 0.29) is 29.9 Å². The average molecular weight is 484 g/mol. The molecule has 1 aromatic heterocycles. The van der Waals surface area contributed by atoms with Gasteiger partial charge in [0.2, 0.25) is 0 Å².